The normalized spacial score (nSPS) is 24.9. The van der Waals surface area contributed by atoms with E-state index in [1.807, 2.05) is 12.1 Å². The Morgan fingerprint density at radius 1 is 1.31 bits per heavy atom. The van der Waals surface area contributed by atoms with E-state index < -0.39 is 0 Å². The van der Waals surface area contributed by atoms with Crippen molar-refractivity contribution in [1.82, 2.24) is 5.32 Å². The van der Waals surface area contributed by atoms with Gasteiger partial charge in [-0.25, -0.2) is 0 Å². The molecule has 5 heteroatoms. The largest absolute Gasteiger partial charge is 0.389 e. The number of ether oxygens (including phenoxy) is 1. The average molecular weight is 351 g/mol. The Morgan fingerprint density at radius 3 is 2.75 bits per heavy atom. The van der Waals surface area contributed by atoms with Crippen molar-refractivity contribution >= 4 is 31.9 Å². The first-order valence-corrected chi connectivity index (χ1v) is 6.68. The number of rotatable bonds is 3. The summed E-state index contributed by atoms with van der Waals surface area (Å²) in [5, 5.41) is 12.8. The van der Waals surface area contributed by atoms with Gasteiger partial charge in [0.1, 0.15) is 0 Å². The molecule has 2 unspecified atom stereocenters. The zero-order chi connectivity index (χ0) is 11.5. The molecule has 1 aromatic rings. The van der Waals surface area contributed by atoms with Crippen LogP contribution in [0.15, 0.2) is 27.1 Å². The van der Waals surface area contributed by atoms with Gasteiger partial charge in [-0.15, -0.1) is 0 Å². The van der Waals surface area contributed by atoms with Crippen LogP contribution in [0.2, 0.25) is 0 Å². The molecule has 1 saturated heterocycles. The molecule has 0 bridgehead atoms. The van der Waals surface area contributed by atoms with Crippen LogP contribution < -0.4 is 5.32 Å². The van der Waals surface area contributed by atoms with Crippen LogP contribution in [-0.4, -0.2) is 30.5 Å². The van der Waals surface area contributed by atoms with Gasteiger partial charge in [-0.05, 0) is 49.6 Å². The molecule has 1 aliphatic heterocycles. The molecule has 0 radical (unpaired) electrons. The highest BCUT2D eigenvalue weighted by Gasteiger charge is 2.25. The van der Waals surface area contributed by atoms with Crippen molar-refractivity contribution in [3.8, 4) is 0 Å². The van der Waals surface area contributed by atoms with E-state index in [0.717, 1.165) is 15.5 Å². The summed E-state index contributed by atoms with van der Waals surface area (Å²) in [5.74, 6) is 0. The van der Waals surface area contributed by atoms with Crippen LogP contribution in [0.5, 0.6) is 0 Å². The summed E-state index contributed by atoms with van der Waals surface area (Å²) in [6.45, 7) is 1.75. The Bertz CT molecular complexity index is 373. The molecule has 0 aromatic heterocycles. The Labute approximate surface area is 111 Å². The van der Waals surface area contributed by atoms with Crippen LogP contribution in [0, 0.1) is 0 Å². The highest BCUT2D eigenvalue weighted by atomic mass is 79.9. The van der Waals surface area contributed by atoms with E-state index in [-0.39, 0.29) is 12.1 Å². The zero-order valence-corrected chi connectivity index (χ0v) is 11.8. The molecule has 1 aliphatic rings. The highest BCUT2D eigenvalue weighted by molar-refractivity contribution is 9.13. The van der Waals surface area contributed by atoms with Gasteiger partial charge in [0.05, 0.1) is 25.4 Å². The third kappa shape index (κ3) is 3.05. The summed E-state index contributed by atoms with van der Waals surface area (Å²) in [6.07, 6.45) is -0.390. The quantitative estimate of drug-likeness (QED) is 0.876. The van der Waals surface area contributed by atoms with Gasteiger partial charge >= 0.3 is 0 Å². The maximum absolute atomic E-state index is 9.56. The summed E-state index contributed by atoms with van der Waals surface area (Å²) in [4.78, 5) is 0. The van der Waals surface area contributed by atoms with E-state index in [9.17, 15) is 5.11 Å². The molecule has 0 amide bonds. The van der Waals surface area contributed by atoms with Gasteiger partial charge in [0, 0.05) is 15.5 Å². The molecule has 3 nitrogen and oxygen atoms in total. The van der Waals surface area contributed by atoms with Gasteiger partial charge in [0.2, 0.25) is 0 Å². The van der Waals surface area contributed by atoms with E-state index in [2.05, 4.69) is 43.2 Å². The molecule has 1 aromatic carbocycles. The minimum absolute atomic E-state index is 0.0439. The summed E-state index contributed by atoms with van der Waals surface area (Å²) in [6, 6.07) is 6.15. The number of halogens is 2. The highest BCUT2D eigenvalue weighted by Crippen LogP contribution is 2.23. The van der Waals surface area contributed by atoms with Gasteiger partial charge in [0.15, 0.2) is 0 Å². The van der Waals surface area contributed by atoms with Gasteiger partial charge in [-0.2, -0.15) is 0 Å². The molecule has 1 heterocycles. The number of aliphatic hydroxyl groups excluding tert-OH is 1. The van der Waals surface area contributed by atoms with Gasteiger partial charge < -0.3 is 15.2 Å². The van der Waals surface area contributed by atoms with Crippen molar-refractivity contribution in [3.05, 3.63) is 32.7 Å². The van der Waals surface area contributed by atoms with E-state index >= 15 is 0 Å². The standard InChI is InChI=1S/C11H13Br2NO2/c12-8-2-1-7(3-9(8)13)4-14-10-5-16-6-11(10)15/h1-3,10-11,14-15H,4-6H2. The molecule has 2 rings (SSSR count). The first-order chi connectivity index (χ1) is 7.66. The number of aliphatic hydroxyl groups is 1. The smallest absolute Gasteiger partial charge is 0.0948 e. The second-order valence-electron chi connectivity index (χ2n) is 3.84. The van der Waals surface area contributed by atoms with Crippen molar-refractivity contribution < 1.29 is 9.84 Å². The van der Waals surface area contributed by atoms with Crippen LogP contribution >= 0.6 is 31.9 Å². The molecular weight excluding hydrogens is 338 g/mol. The summed E-state index contributed by atoms with van der Waals surface area (Å²) in [5.41, 5.74) is 1.18. The second-order valence-corrected chi connectivity index (χ2v) is 5.55. The van der Waals surface area contributed by atoms with Crippen LogP contribution in [-0.2, 0) is 11.3 Å². The summed E-state index contributed by atoms with van der Waals surface area (Å²) in [7, 11) is 0. The van der Waals surface area contributed by atoms with Gasteiger partial charge in [-0.1, -0.05) is 6.07 Å². The minimum atomic E-state index is -0.390. The van der Waals surface area contributed by atoms with Crippen LogP contribution in [0.4, 0.5) is 0 Å². The minimum Gasteiger partial charge on any atom is -0.389 e. The maximum atomic E-state index is 9.56. The van der Waals surface area contributed by atoms with Crippen molar-refractivity contribution in [3.63, 3.8) is 0 Å². The van der Waals surface area contributed by atoms with Crippen molar-refractivity contribution in [2.45, 2.75) is 18.7 Å². The van der Waals surface area contributed by atoms with Crippen LogP contribution in [0.1, 0.15) is 5.56 Å². The fraction of sp³-hybridized carbons (Fsp3) is 0.455. The van der Waals surface area contributed by atoms with E-state index in [1.165, 1.54) is 5.56 Å². The average Bonchev–Trinajstić information content (AvgIpc) is 2.66. The molecular formula is C11H13Br2NO2. The number of benzene rings is 1. The first kappa shape index (κ1) is 12.5. The lowest BCUT2D eigenvalue weighted by atomic mass is 10.2. The van der Waals surface area contributed by atoms with Crippen LogP contribution in [0.3, 0.4) is 0 Å². The Hall–Kier alpha value is 0.0600. The fourth-order valence-corrected chi connectivity index (χ4v) is 2.31. The zero-order valence-electron chi connectivity index (χ0n) is 8.62. The summed E-state index contributed by atoms with van der Waals surface area (Å²) < 4.78 is 7.25. The lowest BCUT2D eigenvalue weighted by Gasteiger charge is -2.14. The Balaban J connectivity index is 1.91. The molecule has 2 N–H and O–H groups in total. The lowest BCUT2D eigenvalue weighted by molar-refractivity contribution is 0.122. The number of hydrogen-bond donors (Lipinski definition) is 2. The lowest BCUT2D eigenvalue weighted by Crippen LogP contribution is -2.38. The summed E-state index contributed by atoms with van der Waals surface area (Å²) >= 11 is 6.89. The molecule has 88 valence electrons. The maximum Gasteiger partial charge on any atom is 0.0948 e. The van der Waals surface area contributed by atoms with Crippen LogP contribution in [0.25, 0.3) is 0 Å². The van der Waals surface area contributed by atoms with Crippen molar-refractivity contribution in [2.75, 3.05) is 13.2 Å². The van der Waals surface area contributed by atoms with E-state index in [0.29, 0.717) is 13.2 Å². The fourth-order valence-electron chi connectivity index (χ4n) is 1.64. The van der Waals surface area contributed by atoms with Gasteiger partial charge in [-0.3, -0.25) is 0 Å². The van der Waals surface area contributed by atoms with Crippen molar-refractivity contribution in [2.24, 2.45) is 0 Å². The van der Waals surface area contributed by atoms with Crippen molar-refractivity contribution in [1.29, 1.82) is 0 Å². The van der Waals surface area contributed by atoms with Gasteiger partial charge in [0.25, 0.3) is 0 Å². The molecule has 2 atom stereocenters. The second kappa shape index (κ2) is 5.60. The molecule has 0 aliphatic carbocycles. The number of hydrogen-bond acceptors (Lipinski definition) is 3. The monoisotopic (exact) mass is 349 g/mol. The number of nitrogens with one attached hydrogen (secondary N) is 1. The topological polar surface area (TPSA) is 41.5 Å². The predicted octanol–water partition coefficient (Wildman–Crippen LogP) is 2.06. The third-order valence-electron chi connectivity index (χ3n) is 2.60. The molecule has 0 saturated carbocycles. The third-order valence-corrected chi connectivity index (χ3v) is 4.48. The Morgan fingerprint density at radius 2 is 2.12 bits per heavy atom. The van der Waals surface area contributed by atoms with E-state index in [4.69, 9.17) is 4.74 Å². The molecule has 0 spiro atoms. The van der Waals surface area contributed by atoms with E-state index in [1.54, 1.807) is 0 Å². The molecule has 16 heavy (non-hydrogen) atoms. The SMILES string of the molecule is OC1COCC1NCc1ccc(Br)c(Br)c1. The Kier molecular flexibility index (Phi) is 4.38. The first-order valence-electron chi connectivity index (χ1n) is 5.10. The molecule has 1 fully saturated rings. The predicted molar refractivity (Wildman–Crippen MR) is 69.3 cm³/mol.